The average molecular weight is 273 g/mol. The van der Waals surface area contributed by atoms with Crippen LogP contribution in [0.1, 0.15) is 23.2 Å². The molecule has 4 nitrogen and oxygen atoms in total. The van der Waals surface area contributed by atoms with E-state index in [1.165, 1.54) is 20.0 Å². The zero-order valence-electron chi connectivity index (χ0n) is 11.9. The minimum absolute atomic E-state index is 0.106. The van der Waals surface area contributed by atoms with E-state index in [0.29, 0.717) is 36.1 Å². The molecule has 20 heavy (non-hydrogen) atoms. The molecule has 0 atom stereocenters. The highest BCUT2D eigenvalue weighted by Crippen LogP contribution is 2.33. The van der Waals surface area contributed by atoms with Crippen LogP contribution in [0, 0.1) is 18.3 Å². The highest BCUT2D eigenvalue weighted by molar-refractivity contribution is 5.98. The fourth-order valence-corrected chi connectivity index (χ4v) is 2.17. The highest BCUT2D eigenvalue weighted by Gasteiger charge is 2.28. The van der Waals surface area contributed by atoms with E-state index >= 15 is 0 Å². The first-order valence-electron chi connectivity index (χ1n) is 6.65. The smallest absolute Gasteiger partial charge is 0.258 e. The van der Waals surface area contributed by atoms with Gasteiger partial charge in [0.05, 0.1) is 26.3 Å². The van der Waals surface area contributed by atoms with Gasteiger partial charge in [0.1, 0.15) is 0 Å². The van der Waals surface area contributed by atoms with Gasteiger partial charge < -0.3 is 14.4 Å². The zero-order valence-corrected chi connectivity index (χ0v) is 11.9. The second-order valence-electron chi connectivity index (χ2n) is 4.87. The second-order valence-corrected chi connectivity index (χ2v) is 4.87. The number of hydrogen-bond donors (Lipinski definition) is 0. The molecule has 0 aliphatic heterocycles. The van der Waals surface area contributed by atoms with E-state index in [1.807, 2.05) is 0 Å². The van der Waals surface area contributed by atoms with Gasteiger partial charge in [-0.3, -0.25) is 4.79 Å². The van der Waals surface area contributed by atoms with Crippen molar-refractivity contribution in [1.82, 2.24) is 4.90 Å². The lowest BCUT2D eigenvalue weighted by molar-refractivity contribution is 0.0765. The Bertz CT molecular complexity index is 529. The van der Waals surface area contributed by atoms with Crippen LogP contribution in [0.25, 0.3) is 0 Å². The molecule has 1 amide bonds. The molecule has 0 bridgehead atoms. The minimum atomic E-state index is -0.106. The number of benzene rings is 1. The maximum atomic E-state index is 12.6. The Morgan fingerprint density at radius 3 is 2.70 bits per heavy atom. The lowest BCUT2D eigenvalue weighted by Crippen LogP contribution is -2.33. The molecule has 0 unspecified atom stereocenters. The van der Waals surface area contributed by atoms with Gasteiger partial charge in [0.25, 0.3) is 5.91 Å². The first-order valence-corrected chi connectivity index (χ1v) is 6.65. The van der Waals surface area contributed by atoms with Gasteiger partial charge in [-0.1, -0.05) is 12.0 Å². The van der Waals surface area contributed by atoms with E-state index in [4.69, 9.17) is 15.9 Å². The van der Waals surface area contributed by atoms with Crippen LogP contribution in [-0.2, 0) is 0 Å². The summed E-state index contributed by atoms with van der Waals surface area (Å²) >= 11 is 0. The van der Waals surface area contributed by atoms with E-state index in [2.05, 4.69) is 5.92 Å². The molecule has 1 fully saturated rings. The number of ether oxygens (including phenoxy) is 2. The van der Waals surface area contributed by atoms with Crippen LogP contribution >= 0.6 is 0 Å². The molecule has 1 aliphatic carbocycles. The van der Waals surface area contributed by atoms with E-state index < -0.39 is 0 Å². The number of amides is 1. The van der Waals surface area contributed by atoms with Crippen molar-refractivity contribution in [1.29, 1.82) is 0 Å². The van der Waals surface area contributed by atoms with E-state index in [9.17, 15) is 4.79 Å². The van der Waals surface area contributed by atoms with E-state index in [-0.39, 0.29) is 5.91 Å². The maximum Gasteiger partial charge on any atom is 0.258 e. The molecular formula is C16H19NO3. The van der Waals surface area contributed by atoms with E-state index in [0.717, 1.165) is 0 Å². The summed E-state index contributed by atoms with van der Waals surface area (Å²) in [7, 11) is 3.08. The fourth-order valence-electron chi connectivity index (χ4n) is 2.17. The molecule has 0 aromatic heterocycles. The van der Waals surface area contributed by atoms with Gasteiger partial charge in [0.15, 0.2) is 11.5 Å². The zero-order chi connectivity index (χ0) is 14.5. The monoisotopic (exact) mass is 273 g/mol. The summed E-state index contributed by atoms with van der Waals surface area (Å²) in [4.78, 5) is 14.3. The molecule has 2 rings (SSSR count). The standard InChI is InChI=1S/C16H19NO3/c1-4-10-17(11-12-8-9-12)16(18)13-6-5-7-14(19-2)15(13)20-3/h1,5-7,12H,8-11H2,2-3H3. The average Bonchev–Trinajstić information content (AvgIpc) is 3.29. The molecule has 1 aliphatic rings. The van der Waals surface area contributed by atoms with Crippen LogP contribution in [0.2, 0.25) is 0 Å². The van der Waals surface area contributed by atoms with Crippen molar-refractivity contribution in [3.05, 3.63) is 23.8 Å². The molecule has 0 heterocycles. The lowest BCUT2D eigenvalue weighted by atomic mass is 10.1. The predicted octanol–water partition coefficient (Wildman–Crippen LogP) is 2.19. The minimum Gasteiger partial charge on any atom is -0.493 e. The molecule has 106 valence electrons. The Morgan fingerprint density at radius 2 is 2.15 bits per heavy atom. The Morgan fingerprint density at radius 1 is 1.40 bits per heavy atom. The normalized spacial score (nSPS) is 13.4. The van der Waals surface area contributed by atoms with Crippen molar-refractivity contribution in [3.63, 3.8) is 0 Å². The number of hydrogen-bond acceptors (Lipinski definition) is 3. The highest BCUT2D eigenvalue weighted by atomic mass is 16.5. The third-order valence-corrected chi connectivity index (χ3v) is 3.38. The van der Waals surface area contributed by atoms with Crippen LogP contribution in [0.15, 0.2) is 18.2 Å². The quantitative estimate of drug-likeness (QED) is 0.746. The van der Waals surface area contributed by atoms with Gasteiger partial charge in [0.2, 0.25) is 0 Å². The van der Waals surface area contributed by atoms with Crippen molar-refractivity contribution in [3.8, 4) is 23.8 Å². The van der Waals surface area contributed by atoms with Crippen molar-refractivity contribution in [2.24, 2.45) is 5.92 Å². The van der Waals surface area contributed by atoms with Gasteiger partial charge in [-0.25, -0.2) is 0 Å². The second kappa shape index (κ2) is 6.33. The van der Waals surface area contributed by atoms with Crippen LogP contribution in [0.4, 0.5) is 0 Å². The van der Waals surface area contributed by atoms with Gasteiger partial charge in [-0.2, -0.15) is 0 Å². The molecule has 0 N–H and O–H groups in total. The summed E-state index contributed by atoms with van der Waals surface area (Å²) in [5.41, 5.74) is 0.489. The Kier molecular flexibility index (Phi) is 4.52. The number of nitrogens with zero attached hydrogens (tertiary/aromatic N) is 1. The molecule has 4 heteroatoms. The topological polar surface area (TPSA) is 38.8 Å². The summed E-state index contributed by atoms with van der Waals surface area (Å²) in [6.45, 7) is 1.03. The third kappa shape index (κ3) is 3.05. The van der Waals surface area contributed by atoms with Crippen LogP contribution in [0.3, 0.4) is 0 Å². The maximum absolute atomic E-state index is 12.6. The largest absolute Gasteiger partial charge is 0.493 e. The number of methoxy groups -OCH3 is 2. The Labute approximate surface area is 119 Å². The molecule has 0 saturated heterocycles. The molecule has 1 aromatic rings. The summed E-state index contributed by atoms with van der Waals surface area (Å²) in [5.74, 6) is 4.03. The predicted molar refractivity (Wildman–Crippen MR) is 77.0 cm³/mol. The first-order chi connectivity index (χ1) is 9.71. The fraction of sp³-hybridized carbons (Fsp3) is 0.438. The van der Waals surface area contributed by atoms with Gasteiger partial charge in [-0.15, -0.1) is 6.42 Å². The van der Waals surface area contributed by atoms with Crippen molar-refractivity contribution in [2.75, 3.05) is 27.3 Å². The number of para-hydroxylation sites is 1. The number of carbonyl (C=O) groups excluding carboxylic acids is 1. The first kappa shape index (κ1) is 14.3. The number of carbonyl (C=O) groups is 1. The van der Waals surface area contributed by atoms with Crippen LogP contribution in [-0.4, -0.2) is 38.1 Å². The summed E-state index contributed by atoms with van der Waals surface area (Å²) in [6.07, 6.45) is 7.71. The van der Waals surface area contributed by atoms with E-state index in [1.54, 1.807) is 30.2 Å². The molecule has 0 radical (unpaired) electrons. The Balaban J connectivity index is 2.27. The Hall–Kier alpha value is -2.15. The summed E-state index contributed by atoms with van der Waals surface area (Å²) in [5, 5.41) is 0. The van der Waals surface area contributed by atoms with Crippen molar-refractivity contribution < 1.29 is 14.3 Å². The lowest BCUT2D eigenvalue weighted by Gasteiger charge is -2.21. The van der Waals surface area contributed by atoms with Gasteiger partial charge in [0, 0.05) is 6.54 Å². The van der Waals surface area contributed by atoms with Gasteiger partial charge >= 0.3 is 0 Å². The van der Waals surface area contributed by atoms with Crippen LogP contribution in [0.5, 0.6) is 11.5 Å². The number of terminal acetylenes is 1. The molecule has 1 aromatic carbocycles. The summed E-state index contributed by atoms with van der Waals surface area (Å²) < 4.78 is 10.5. The number of rotatable bonds is 6. The summed E-state index contributed by atoms with van der Waals surface area (Å²) in [6, 6.07) is 5.28. The molecular weight excluding hydrogens is 254 g/mol. The van der Waals surface area contributed by atoms with Gasteiger partial charge in [-0.05, 0) is 30.9 Å². The van der Waals surface area contributed by atoms with Crippen molar-refractivity contribution >= 4 is 5.91 Å². The SMILES string of the molecule is C#CCN(CC1CC1)C(=O)c1cccc(OC)c1OC. The molecule has 1 saturated carbocycles. The molecule has 0 spiro atoms. The van der Waals surface area contributed by atoms with Crippen LogP contribution < -0.4 is 9.47 Å². The third-order valence-electron chi connectivity index (χ3n) is 3.38. The van der Waals surface area contributed by atoms with Crippen molar-refractivity contribution in [2.45, 2.75) is 12.8 Å².